The highest BCUT2D eigenvalue weighted by Gasteiger charge is 2.17. The molecule has 4 rings (SSSR count). The van der Waals surface area contributed by atoms with Crippen LogP contribution >= 0.6 is 0 Å². The summed E-state index contributed by atoms with van der Waals surface area (Å²) in [4.78, 5) is 11.5. The summed E-state index contributed by atoms with van der Waals surface area (Å²) >= 11 is 0. The van der Waals surface area contributed by atoms with E-state index in [1.807, 2.05) is 50.7 Å². The van der Waals surface area contributed by atoms with Crippen molar-refractivity contribution in [3.63, 3.8) is 0 Å². The molecule has 1 aliphatic rings. The van der Waals surface area contributed by atoms with Crippen LogP contribution < -0.4 is 10.2 Å². The Balaban J connectivity index is 0.000000460. The lowest BCUT2D eigenvalue weighted by molar-refractivity contribution is 0.162. The molecule has 0 aromatic carbocycles. The van der Waals surface area contributed by atoms with Crippen LogP contribution in [0.15, 0.2) is 36.8 Å². The van der Waals surface area contributed by atoms with Gasteiger partial charge in [-0.1, -0.05) is 26.8 Å². The van der Waals surface area contributed by atoms with E-state index in [2.05, 4.69) is 39.4 Å². The molecule has 0 saturated carbocycles. The maximum atomic E-state index is 4.92. The van der Waals surface area contributed by atoms with E-state index >= 15 is 0 Å². The molecule has 0 spiro atoms. The highest BCUT2D eigenvalue weighted by Crippen LogP contribution is 2.24. The maximum absolute atomic E-state index is 4.92. The van der Waals surface area contributed by atoms with Crippen molar-refractivity contribution in [1.82, 2.24) is 19.6 Å². The minimum Gasteiger partial charge on any atom is -0.382 e. The lowest BCUT2D eigenvalue weighted by atomic mass is 10.1. The van der Waals surface area contributed by atoms with Gasteiger partial charge in [0.1, 0.15) is 11.6 Å². The molecule has 0 unspecified atom stereocenters. The minimum absolute atomic E-state index is 0.716. The van der Waals surface area contributed by atoms with Crippen molar-refractivity contribution in [3.05, 3.63) is 47.9 Å². The van der Waals surface area contributed by atoms with Gasteiger partial charge < -0.3 is 15.0 Å². The number of hydrogen-bond acceptors (Lipinski definition) is 6. The van der Waals surface area contributed by atoms with Crippen LogP contribution in [0.2, 0.25) is 0 Å². The largest absolute Gasteiger partial charge is 0.382 e. The lowest BCUT2D eigenvalue weighted by Gasteiger charge is -2.28. The van der Waals surface area contributed by atoms with E-state index in [1.165, 1.54) is 24.8 Å². The predicted molar refractivity (Wildman–Crippen MR) is 134 cm³/mol. The first-order chi connectivity index (χ1) is 15.8. The smallest absolute Gasteiger partial charge is 0.162 e. The summed E-state index contributed by atoms with van der Waals surface area (Å²) in [5.74, 6) is 2.03. The van der Waals surface area contributed by atoms with Gasteiger partial charge in [0.15, 0.2) is 5.65 Å². The van der Waals surface area contributed by atoms with Gasteiger partial charge in [0, 0.05) is 56.9 Å². The summed E-state index contributed by atoms with van der Waals surface area (Å²) in [5.41, 5.74) is 3.29. The minimum atomic E-state index is 0.716. The number of nitrogens with zero attached hydrogens (tertiary/aromatic N) is 5. The van der Waals surface area contributed by atoms with Gasteiger partial charge in [-0.3, -0.25) is 4.98 Å². The fraction of sp³-hybridized carbons (Fsp3) is 0.560. The van der Waals surface area contributed by atoms with Gasteiger partial charge in [0.2, 0.25) is 0 Å². The van der Waals surface area contributed by atoms with E-state index in [9.17, 15) is 0 Å². The van der Waals surface area contributed by atoms with Gasteiger partial charge in [-0.05, 0) is 51.2 Å². The molecule has 1 fully saturated rings. The predicted octanol–water partition coefficient (Wildman–Crippen LogP) is 5.36. The van der Waals surface area contributed by atoms with E-state index in [0.29, 0.717) is 6.54 Å². The van der Waals surface area contributed by atoms with Crippen molar-refractivity contribution in [1.29, 1.82) is 0 Å². The summed E-state index contributed by atoms with van der Waals surface area (Å²) in [5, 5.41) is 8.06. The summed E-state index contributed by atoms with van der Waals surface area (Å²) in [6, 6.07) is 6.16. The van der Waals surface area contributed by atoms with E-state index in [4.69, 9.17) is 9.72 Å². The van der Waals surface area contributed by atoms with Crippen molar-refractivity contribution in [2.24, 2.45) is 0 Å². The second-order valence-electron chi connectivity index (χ2n) is 7.30. The van der Waals surface area contributed by atoms with Crippen molar-refractivity contribution in [2.75, 3.05) is 36.5 Å². The Morgan fingerprint density at radius 2 is 1.78 bits per heavy atom. The summed E-state index contributed by atoms with van der Waals surface area (Å²) in [7, 11) is 0. The molecule has 1 N–H and O–H groups in total. The van der Waals surface area contributed by atoms with Crippen LogP contribution in [-0.4, -0.2) is 45.9 Å². The Morgan fingerprint density at radius 1 is 1.03 bits per heavy atom. The van der Waals surface area contributed by atoms with Gasteiger partial charge in [0.05, 0.1) is 6.20 Å². The third kappa shape index (κ3) is 7.19. The molecule has 0 aliphatic carbocycles. The van der Waals surface area contributed by atoms with Crippen LogP contribution in [-0.2, 0) is 17.7 Å². The Morgan fingerprint density at radius 3 is 2.38 bits per heavy atom. The fourth-order valence-corrected chi connectivity index (χ4v) is 3.56. The number of ether oxygens (including phenoxy) is 1. The third-order valence-corrected chi connectivity index (χ3v) is 5.20. The van der Waals surface area contributed by atoms with E-state index < -0.39 is 0 Å². The number of hydrogen-bond donors (Lipinski definition) is 1. The highest BCUT2D eigenvalue weighted by atomic mass is 16.5. The van der Waals surface area contributed by atoms with Gasteiger partial charge in [-0.15, -0.1) is 0 Å². The molecule has 0 atom stereocenters. The average molecular weight is 441 g/mol. The maximum Gasteiger partial charge on any atom is 0.162 e. The zero-order valence-electron chi connectivity index (χ0n) is 20.5. The molecule has 3 aromatic rings. The number of piperidine rings is 1. The molecule has 7 heteroatoms. The summed E-state index contributed by atoms with van der Waals surface area (Å²) in [6.07, 6.45) is 10.3. The second kappa shape index (κ2) is 14.4. The molecule has 0 bridgehead atoms. The second-order valence-corrected chi connectivity index (χ2v) is 7.30. The van der Waals surface area contributed by atoms with Crippen molar-refractivity contribution >= 4 is 17.3 Å². The highest BCUT2D eigenvalue weighted by molar-refractivity contribution is 5.61. The lowest BCUT2D eigenvalue weighted by Crippen LogP contribution is -2.30. The Hall–Kier alpha value is -2.67. The number of nitrogens with one attached hydrogen (secondary N) is 1. The molecule has 32 heavy (non-hydrogen) atoms. The number of anilines is 2. The quantitative estimate of drug-likeness (QED) is 0.534. The molecular weight excluding hydrogens is 400 g/mol. The standard InChI is InChI=1S/C19H24N6.C4H10O.C2H6/c1-2-16-14-22-25-17(21-13-15-7-6-8-20-12-15)11-18(23-19(16)25)24-9-4-3-5-10-24;1-3-5-4-2;1-2/h6-8,11-12,14,21H,2-5,9-10,13H2,1H3;3-4H2,1-2H3;1-2H3. The van der Waals surface area contributed by atoms with Gasteiger partial charge >= 0.3 is 0 Å². The van der Waals surface area contributed by atoms with Gasteiger partial charge in [-0.2, -0.15) is 9.61 Å². The van der Waals surface area contributed by atoms with Crippen LogP contribution in [0.25, 0.3) is 5.65 Å². The molecule has 0 amide bonds. The number of aryl methyl sites for hydroxylation is 1. The van der Waals surface area contributed by atoms with Crippen molar-refractivity contribution in [2.45, 2.75) is 66.8 Å². The Labute approximate surface area is 193 Å². The Kier molecular flexibility index (Phi) is 11.5. The van der Waals surface area contributed by atoms with Crippen molar-refractivity contribution < 1.29 is 4.74 Å². The summed E-state index contributed by atoms with van der Waals surface area (Å²) in [6.45, 7) is 14.7. The SMILES string of the molecule is CC.CCOCC.CCc1cnn2c(NCc3cccnc3)cc(N3CCCCC3)nc12. The molecule has 4 heterocycles. The number of pyridine rings is 1. The number of fused-ring (bicyclic) bond motifs is 1. The number of aromatic nitrogens is 4. The number of rotatable bonds is 7. The monoisotopic (exact) mass is 440 g/mol. The normalized spacial score (nSPS) is 13.1. The zero-order chi connectivity index (χ0) is 23.2. The van der Waals surface area contributed by atoms with E-state index in [-0.39, 0.29) is 0 Å². The molecular formula is C25H40N6O. The van der Waals surface area contributed by atoms with E-state index in [0.717, 1.165) is 55.6 Å². The van der Waals surface area contributed by atoms with Crippen LogP contribution in [0, 0.1) is 0 Å². The van der Waals surface area contributed by atoms with E-state index in [1.54, 1.807) is 6.20 Å². The zero-order valence-corrected chi connectivity index (χ0v) is 20.5. The molecule has 1 aliphatic heterocycles. The molecule has 7 nitrogen and oxygen atoms in total. The van der Waals surface area contributed by atoms with Crippen LogP contribution in [0.5, 0.6) is 0 Å². The van der Waals surface area contributed by atoms with Crippen LogP contribution in [0.3, 0.4) is 0 Å². The first-order valence-electron chi connectivity index (χ1n) is 12.1. The first kappa shape index (κ1) is 25.6. The summed E-state index contributed by atoms with van der Waals surface area (Å²) < 4.78 is 6.75. The first-order valence-corrected chi connectivity index (χ1v) is 12.1. The average Bonchev–Trinajstić information content (AvgIpc) is 3.29. The fourth-order valence-electron chi connectivity index (χ4n) is 3.56. The van der Waals surface area contributed by atoms with Gasteiger partial charge in [0.25, 0.3) is 0 Å². The molecule has 3 aromatic heterocycles. The topological polar surface area (TPSA) is 67.6 Å². The van der Waals surface area contributed by atoms with Crippen LogP contribution in [0.4, 0.5) is 11.6 Å². The molecule has 1 saturated heterocycles. The van der Waals surface area contributed by atoms with Crippen LogP contribution in [0.1, 0.15) is 65.0 Å². The van der Waals surface area contributed by atoms with Crippen molar-refractivity contribution in [3.8, 4) is 0 Å². The Bertz CT molecular complexity index is 888. The van der Waals surface area contributed by atoms with Gasteiger partial charge in [-0.25, -0.2) is 4.98 Å². The third-order valence-electron chi connectivity index (χ3n) is 5.20. The molecule has 0 radical (unpaired) electrons. The molecule has 176 valence electrons.